The lowest BCUT2D eigenvalue weighted by Gasteiger charge is -2.35. The Morgan fingerprint density at radius 2 is 1.76 bits per heavy atom. The van der Waals surface area contributed by atoms with E-state index >= 15 is 0 Å². The minimum atomic E-state index is -0.805. The number of amides is 4. The molecule has 7 rings (SSSR count). The predicted octanol–water partition coefficient (Wildman–Crippen LogP) is 6.13. The standard InChI is InChI=1S/C44H52N8O5S/c1-26-39(58-25-46-26)28-17-15-27(16-18-28)24-45-42(56)35-11-9-21-52(35)43(57)40(44(2,3)4)49-38(55)14-8-7-13-37(54)47-29-19-20-33-31(22-29)32-23-34(50-51-41(32)48-33)30-10-5-6-12-36(30)53/h5-6,10,12,15-18,23,25,29,35,40,53H,7-9,11,13-14,19-22,24H2,1-4H3,(H,45,56)(H,47,54)(H,48,51)(H,49,55)/t29-,35+,40-/m1/s1. The van der Waals surface area contributed by atoms with Crippen LogP contribution in [0.1, 0.15) is 88.2 Å². The molecule has 5 aromatic rings. The Kier molecular flexibility index (Phi) is 12.2. The number of carbonyl (C=O) groups excluding carboxylic acids is 4. The van der Waals surface area contributed by atoms with Gasteiger partial charge >= 0.3 is 0 Å². The fourth-order valence-electron chi connectivity index (χ4n) is 8.04. The molecule has 0 saturated carbocycles. The Balaban J connectivity index is 0.866. The molecule has 1 fully saturated rings. The number of phenolic OH excluding ortho intramolecular Hbond substituents is 1. The van der Waals surface area contributed by atoms with E-state index in [2.05, 4.69) is 36.1 Å². The van der Waals surface area contributed by atoms with Crippen molar-refractivity contribution >= 4 is 46.0 Å². The molecule has 14 heteroatoms. The van der Waals surface area contributed by atoms with Gasteiger partial charge in [0.15, 0.2) is 5.65 Å². The number of nitrogens with zero attached hydrogens (tertiary/aromatic N) is 4. The number of rotatable bonds is 13. The highest BCUT2D eigenvalue weighted by Gasteiger charge is 2.41. The molecular formula is C44H52N8O5S. The summed E-state index contributed by atoms with van der Waals surface area (Å²) in [5.41, 5.74) is 8.35. The Morgan fingerprint density at radius 3 is 2.48 bits per heavy atom. The van der Waals surface area contributed by atoms with Crippen molar-refractivity contribution in [1.82, 2.24) is 41.0 Å². The van der Waals surface area contributed by atoms with Crippen molar-refractivity contribution in [2.24, 2.45) is 5.41 Å². The minimum absolute atomic E-state index is 0.0375. The third-order valence-electron chi connectivity index (χ3n) is 11.2. The molecule has 1 saturated heterocycles. The van der Waals surface area contributed by atoms with Crippen LogP contribution in [0.5, 0.6) is 5.75 Å². The van der Waals surface area contributed by atoms with Gasteiger partial charge in [-0.2, -0.15) is 0 Å². The second kappa shape index (κ2) is 17.5. The highest BCUT2D eigenvalue weighted by Crippen LogP contribution is 2.33. The zero-order valence-corrected chi connectivity index (χ0v) is 34.4. The first kappa shape index (κ1) is 40.6. The fourth-order valence-corrected chi connectivity index (χ4v) is 8.85. The van der Waals surface area contributed by atoms with Gasteiger partial charge in [0.2, 0.25) is 23.6 Å². The highest BCUT2D eigenvalue weighted by molar-refractivity contribution is 7.13. The average Bonchev–Trinajstić information content (AvgIpc) is 3.96. The number of aromatic nitrogens is 4. The normalized spacial score (nSPS) is 17.1. The smallest absolute Gasteiger partial charge is 0.246 e. The van der Waals surface area contributed by atoms with E-state index in [1.54, 1.807) is 34.4 Å². The Bertz CT molecular complexity index is 2290. The van der Waals surface area contributed by atoms with Crippen molar-refractivity contribution in [2.45, 2.75) is 110 Å². The Labute approximate surface area is 342 Å². The van der Waals surface area contributed by atoms with Gasteiger partial charge in [0.1, 0.15) is 17.8 Å². The maximum absolute atomic E-state index is 14.0. The SMILES string of the molecule is Cc1ncsc1-c1ccc(CNC(=O)[C@@H]2CCCN2C(=O)[C@@H](NC(=O)CCCCC(=O)N[C@@H]2CCc3[nH]c4nnc(-c5ccccc5O)cc4c3C2)C(C)(C)C)cc1. The zero-order valence-electron chi connectivity index (χ0n) is 33.6. The molecule has 2 aliphatic rings. The van der Waals surface area contributed by atoms with Gasteiger partial charge in [-0.05, 0) is 92.2 Å². The molecule has 13 nitrogen and oxygen atoms in total. The lowest BCUT2D eigenvalue weighted by molar-refractivity contribution is -0.144. The summed E-state index contributed by atoms with van der Waals surface area (Å²) in [7, 11) is 0. The van der Waals surface area contributed by atoms with Crippen LogP contribution in [-0.4, -0.2) is 78.5 Å². The number of hydrogen-bond donors (Lipinski definition) is 5. The van der Waals surface area contributed by atoms with Gasteiger partial charge < -0.3 is 30.9 Å². The number of unbranched alkanes of at least 4 members (excludes halogenated alkanes) is 1. The van der Waals surface area contributed by atoms with Crippen molar-refractivity contribution in [3.05, 3.63) is 82.6 Å². The molecule has 0 bridgehead atoms. The number of hydrogen-bond acceptors (Lipinski definition) is 9. The molecule has 2 aromatic carbocycles. The molecule has 3 aromatic heterocycles. The number of thiazole rings is 1. The first-order chi connectivity index (χ1) is 27.9. The van der Waals surface area contributed by atoms with Gasteiger partial charge in [0.05, 0.1) is 21.8 Å². The van der Waals surface area contributed by atoms with E-state index in [-0.39, 0.29) is 48.3 Å². The minimum Gasteiger partial charge on any atom is -0.507 e. The van der Waals surface area contributed by atoms with Gasteiger partial charge in [-0.1, -0.05) is 57.2 Å². The van der Waals surface area contributed by atoms with Crippen LogP contribution in [0.15, 0.2) is 60.1 Å². The van der Waals surface area contributed by atoms with Crippen LogP contribution in [-0.2, 0) is 38.6 Å². The first-order valence-corrected chi connectivity index (χ1v) is 21.1. The van der Waals surface area contributed by atoms with Crippen LogP contribution < -0.4 is 16.0 Å². The molecule has 1 aliphatic carbocycles. The van der Waals surface area contributed by atoms with Crippen molar-refractivity contribution in [3.8, 4) is 27.4 Å². The third-order valence-corrected chi connectivity index (χ3v) is 12.2. The van der Waals surface area contributed by atoms with Crippen LogP contribution >= 0.6 is 11.3 Å². The highest BCUT2D eigenvalue weighted by atomic mass is 32.1. The molecule has 0 spiro atoms. The summed E-state index contributed by atoms with van der Waals surface area (Å²) in [6, 6.07) is 15.6. The van der Waals surface area contributed by atoms with Crippen molar-refractivity contribution in [3.63, 3.8) is 0 Å². The van der Waals surface area contributed by atoms with Crippen molar-refractivity contribution in [1.29, 1.82) is 0 Å². The van der Waals surface area contributed by atoms with Crippen LogP contribution in [0.3, 0.4) is 0 Å². The number of para-hydroxylation sites is 1. The van der Waals surface area contributed by atoms with E-state index in [4.69, 9.17) is 0 Å². The van der Waals surface area contributed by atoms with Gasteiger partial charge in [-0.3, -0.25) is 19.2 Å². The maximum atomic E-state index is 14.0. The summed E-state index contributed by atoms with van der Waals surface area (Å²) in [4.78, 5) is 64.1. The van der Waals surface area contributed by atoms with E-state index in [1.165, 1.54) is 0 Å². The summed E-state index contributed by atoms with van der Waals surface area (Å²) < 4.78 is 0. The van der Waals surface area contributed by atoms with Crippen LogP contribution in [0.25, 0.3) is 32.7 Å². The van der Waals surface area contributed by atoms with E-state index in [9.17, 15) is 24.3 Å². The van der Waals surface area contributed by atoms with Gasteiger partial charge in [0.25, 0.3) is 0 Å². The lowest BCUT2D eigenvalue weighted by atomic mass is 9.85. The molecule has 0 radical (unpaired) electrons. The molecule has 58 heavy (non-hydrogen) atoms. The summed E-state index contributed by atoms with van der Waals surface area (Å²) >= 11 is 1.60. The number of aromatic amines is 1. The van der Waals surface area contributed by atoms with E-state index in [0.29, 0.717) is 62.1 Å². The third kappa shape index (κ3) is 9.22. The van der Waals surface area contributed by atoms with Gasteiger partial charge in [-0.25, -0.2) is 4.98 Å². The molecule has 5 N–H and O–H groups in total. The number of likely N-dealkylation sites (tertiary alicyclic amines) is 1. The number of aryl methyl sites for hydroxylation is 2. The van der Waals surface area contributed by atoms with E-state index in [1.807, 2.05) is 69.6 Å². The summed E-state index contributed by atoms with van der Waals surface area (Å²) in [5, 5.41) is 29.1. The molecule has 304 valence electrons. The number of benzene rings is 2. The van der Waals surface area contributed by atoms with Crippen molar-refractivity contribution < 1.29 is 24.3 Å². The monoisotopic (exact) mass is 804 g/mol. The summed E-state index contributed by atoms with van der Waals surface area (Å²) in [5.74, 6) is -0.633. The Morgan fingerprint density at radius 1 is 1.00 bits per heavy atom. The number of phenols is 1. The average molecular weight is 805 g/mol. The number of nitrogens with one attached hydrogen (secondary N) is 4. The van der Waals surface area contributed by atoms with E-state index in [0.717, 1.165) is 51.2 Å². The van der Waals surface area contributed by atoms with Crippen LogP contribution in [0.2, 0.25) is 0 Å². The molecule has 4 amide bonds. The number of H-pyrrole nitrogens is 1. The second-order valence-electron chi connectivity index (χ2n) is 16.5. The molecule has 1 aliphatic heterocycles. The zero-order chi connectivity index (χ0) is 41.0. The molecule has 3 atom stereocenters. The molecular weight excluding hydrogens is 753 g/mol. The van der Waals surface area contributed by atoms with E-state index < -0.39 is 17.5 Å². The summed E-state index contributed by atoms with van der Waals surface area (Å²) in [6.07, 6.45) is 4.97. The quantitative estimate of drug-likeness (QED) is 0.0881. The van der Waals surface area contributed by atoms with Gasteiger partial charge in [0, 0.05) is 48.6 Å². The van der Waals surface area contributed by atoms with Gasteiger partial charge in [-0.15, -0.1) is 21.5 Å². The number of carbonyl (C=O) groups is 4. The largest absolute Gasteiger partial charge is 0.507 e. The predicted molar refractivity (Wildman–Crippen MR) is 224 cm³/mol. The second-order valence-corrected chi connectivity index (χ2v) is 17.4. The maximum Gasteiger partial charge on any atom is 0.246 e. The van der Waals surface area contributed by atoms with Crippen LogP contribution in [0, 0.1) is 12.3 Å². The fraction of sp³-hybridized carbons (Fsp3) is 0.432. The Hall–Kier alpha value is -5.63. The van der Waals surface area contributed by atoms with Crippen molar-refractivity contribution in [2.75, 3.05) is 6.54 Å². The first-order valence-electron chi connectivity index (χ1n) is 20.2. The lowest BCUT2D eigenvalue weighted by Crippen LogP contribution is -2.57. The van der Waals surface area contributed by atoms with Crippen LogP contribution in [0.4, 0.5) is 0 Å². The molecule has 4 heterocycles. The number of fused-ring (bicyclic) bond motifs is 3. The topological polar surface area (TPSA) is 182 Å². The summed E-state index contributed by atoms with van der Waals surface area (Å²) in [6.45, 7) is 8.52. The number of aromatic hydroxyl groups is 1. The molecule has 0 unspecified atom stereocenters.